The second kappa shape index (κ2) is 16.8. The molecule has 3 N–H and O–H groups in total. The summed E-state index contributed by atoms with van der Waals surface area (Å²) >= 11 is 6.52. The minimum absolute atomic E-state index is 0.0113. The Morgan fingerprint density at radius 1 is 1.04 bits per heavy atom. The van der Waals surface area contributed by atoms with Crippen molar-refractivity contribution in [2.45, 2.75) is 97.3 Å². The van der Waals surface area contributed by atoms with Crippen LogP contribution in [0.25, 0.3) is 0 Å². The van der Waals surface area contributed by atoms with Crippen molar-refractivity contribution in [3.63, 3.8) is 0 Å². The summed E-state index contributed by atoms with van der Waals surface area (Å²) < 4.78 is 59.2. The molecule has 2 rings (SSSR count). The molecule has 0 bridgehead atoms. The van der Waals surface area contributed by atoms with Gasteiger partial charge in [-0.3, -0.25) is 0 Å². The maximum atomic E-state index is 15.5. The molecule has 1 aromatic heterocycles. The van der Waals surface area contributed by atoms with Crippen LogP contribution in [0.5, 0.6) is 0 Å². The predicted octanol–water partition coefficient (Wildman–Crippen LogP) is 6.34. The van der Waals surface area contributed by atoms with Gasteiger partial charge in [-0.1, -0.05) is 25.4 Å². The van der Waals surface area contributed by atoms with Crippen LogP contribution in [0, 0.1) is 17.2 Å². The van der Waals surface area contributed by atoms with Crippen LogP contribution >= 0.6 is 11.6 Å². The minimum Gasteiger partial charge on any atom is -0.444 e. The number of rotatable bonds is 15. The SMILES string of the molecule is COCN(c1ccncn1)S(=O)(=O)c1cc(Cl)c(NC[C@H](CC(C)(C)CCNC(=O)OC(C)(C)C)[C@@H](C)NC(=O)OC(C)(C)C)cc1F. The Balaban J connectivity index is 2.29. The van der Waals surface area contributed by atoms with E-state index >= 15 is 4.39 Å². The summed E-state index contributed by atoms with van der Waals surface area (Å²) in [6.45, 7) is 16.7. The number of nitrogens with one attached hydrogen (secondary N) is 3. The quantitative estimate of drug-likeness (QED) is 0.177. The van der Waals surface area contributed by atoms with Crippen molar-refractivity contribution in [1.29, 1.82) is 0 Å². The van der Waals surface area contributed by atoms with Crippen molar-refractivity contribution in [2.24, 2.45) is 11.3 Å². The van der Waals surface area contributed by atoms with Crippen LogP contribution in [0.3, 0.4) is 0 Å². The van der Waals surface area contributed by atoms with Crippen LogP contribution in [0.15, 0.2) is 35.6 Å². The molecule has 1 heterocycles. The Labute approximate surface area is 288 Å². The number of carbonyl (C=O) groups is 2. The van der Waals surface area contributed by atoms with Crippen molar-refractivity contribution in [3.8, 4) is 0 Å². The van der Waals surface area contributed by atoms with Gasteiger partial charge < -0.3 is 30.2 Å². The molecular formula is C32H50ClFN6O7S. The van der Waals surface area contributed by atoms with Gasteiger partial charge in [-0.2, -0.15) is 0 Å². The highest BCUT2D eigenvalue weighted by molar-refractivity contribution is 7.92. The van der Waals surface area contributed by atoms with E-state index in [0.717, 1.165) is 22.8 Å². The molecule has 0 aliphatic rings. The molecule has 0 radical (unpaired) electrons. The summed E-state index contributed by atoms with van der Waals surface area (Å²) in [5, 5.41) is 8.76. The average Bonchev–Trinajstić information content (AvgIpc) is 2.93. The van der Waals surface area contributed by atoms with Gasteiger partial charge in [0.1, 0.15) is 40.8 Å². The largest absolute Gasteiger partial charge is 0.444 e. The molecule has 2 atom stereocenters. The summed E-state index contributed by atoms with van der Waals surface area (Å²) in [5.74, 6) is -1.29. The van der Waals surface area contributed by atoms with Crippen LogP contribution in [0.1, 0.15) is 75.2 Å². The number of methoxy groups -OCH3 is 1. The molecule has 13 nitrogen and oxygen atoms in total. The molecule has 1 aromatic carbocycles. The number of aromatic nitrogens is 2. The first-order valence-corrected chi connectivity index (χ1v) is 17.3. The van der Waals surface area contributed by atoms with E-state index in [0.29, 0.717) is 19.4 Å². The summed E-state index contributed by atoms with van der Waals surface area (Å²) in [4.78, 5) is 31.9. The maximum Gasteiger partial charge on any atom is 0.407 e. The lowest BCUT2D eigenvalue weighted by Gasteiger charge is -2.34. The first kappa shape index (κ1) is 40.7. The van der Waals surface area contributed by atoms with Crippen LogP contribution in [0.2, 0.25) is 5.02 Å². The topological polar surface area (TPSA) is 161 Å². The zero-order chi connectivity index (χ0) is 36.5. The fraction of sp³-hybridized carbons (Fsp3) is 0.625. The Morgan fingerprint density at radius 2 is 1.67 bits per heavy atom. The number of ether oxygens (including phenoxy) is 3. The van der Waals surface area contributed by atoms with Gasteiger partial charge in [0, 0.05) is 38.5 Å². The van der Waals surface area contributed by atoms with Crippen molar-refractivity contribution in [2.75, 3.05) is 36.6 Å². The number of benzene rings is 1. The fourth-order valence-corrected chi connectivity index (χ4v) is 6.40. The highest BCUT2D eigenvalue weighted by Gasteiger charge is 2.32. The van der Waals surface area contributed by atoms with Gasteiger partial charge >= 0.3 is 12.2 Å². The molecule has 0 spiro atoms. The van der Waals surface area contributed by atoms with Crippen molar-refractivity contribution < 1.29 is 36.6 Å². The average molecular weight is 717 g/mol. The third kappa shape index (κ3) is 13.2. The molecule has 2 aromatic rings. The number of hydrogen-bond donors (Lipinski definition) is 3. The summed E-state index contributed by atoms with van der Waals surface area (Å²) in [6, 6.07) is 2.98. The summed E-state index contributed by atoms with van der Waals surface area (Å²) in [7, 11) is -3.18. The number of hydrogen-bond acceptors (Lipinski definition) is 10. The molecule has 0 unspecified atom stereocenters. The number of anilines is 2. The smallest absolute Gasteiger partial charge is 0.407 e. The van der Waals surface area contributed by atoms with E-state index in [1.165, 1.54) is 19.4 Å². The zero-order valence-electron chi connectivity index (χ0n) is 29.4. The van der Waals surface area contributed by atoms with E-state index in [1.54, 1.807) is 41.5 Å². The van der Waals surface area contributed by atoms with Crippen molar-refractivity contribution in [1.82, 2.24) is 20.6 Å². The van der Waals surface area contributed by atoms with Crippen LogP contribution in [0.4, 0.5) is 25.5 Å². The Hall–Kier alpha value is -3.43. The van der Waals surface area contributed by atoms with Crippen LogP contribution in [-0.4, -0.2) is 74.7 Å². The predicted molar refractivity (Wildman–Crippen MR) is 183 cm³/mol. The third-order valence-corrected chi connectivity index (χ3v) is 9.00. The molecule has 0 fully saturated rings. The molecule has 16 heteroatoms. The lowest BCUT2D eigenvalue weighted by molar-refractivity contribution is 0.0472. The Kier molecular flexibility index (Phi) is 14.3. The molecule has 2 amide bonds. The van der Waals surface area contributed by atoms with Crippen LogP contribution < -0.4 is 20.3 Å². The van der Waals surface area contributed by atoms with Gasteiger partial charge in [-0.25, -0.2) is 36.7 Å². The highest BCUT2D eigenvalue weighted by atomic mass is 35.5. The number of nitrogens with zero attached hydrogens (tertiary/aromatic N) is 3. The molecule has 0 aliphatic carbocycles. The Bertz CT molecular complexity index is 1480. The third-order valence-electron chi connectivity index (χ3n) is 6.95. The van der Waals surface area contributed by atoms with E-state index in [1.807, 2.05) is 20.8 Å². The summed E-state index contributed by atoms with van der Waals surface area (Å²) in [5.41, 5.74) is -1.50. The highest BCUT2D eigenvalue weighted by Crippen LogP contribution is 2.34. The molecule has 0 saturated heterocycles. The molecule has 0 aliphatic heterocycles. The van der Waals surface area contributed by atoms with Gasteiger partial charge in [-0.05, 0) is 84.8 Å². The van der Waals surface area contributed by atoms with Gasteiger partial charge in [-0.15, -0.1) is 0 Å². The van der Waals surface area contributed by atoms with Crippen LogP contribution in [-0.2, 0) is 24.2 Å². The maximum absolute atomic E-state index is 15.5. The fourth-order valence-electron chi connectivity index (χ4n) is 4.69. The van der Waals surface area contributed by atoms with E-state index in [2.05, 4.69) is 25.9 Å². The van der Waals surface area contributed by atoms with Crippen molar-refractivity contribution >= 4 is 45.3 Å². The normalized spacial score (nSPS) is 13.7. The van der Waals surface area contributed by atoms with E-state index in [-0.39, 0.29) is 34.4 Å². The molecular weight excluding hydrogens is 667 g/mol. The first-order valence-electron chi connectivity index (χ1n) is 15.5. The van der Waals surface area contributed by atoms with Gasteiger partial charge in [0.15, 0.2) is 0 Å². The van der Waals surface area contributed by atoms with E-state index in [9.17, 15) is 18.0 Å². The second-order valence-electron chi connectivity index (χ2n) is 14.2. The standard InChI is InChI=1S/C32H50ClFN6O7S/c1-21(39-29(42)47-31(5,6)7)22(17-32(8,9)12-14-36-28(41)46-30(2,3)4)18-37-25-16-24(34)26(15-23(25)33)48(43,44)40(20-45-10)27-11-13-35-19-38-27/h11,13,15-16,19,21-22,37H,12,14,17-18,20H2,1-10H3,(H,36,41)(H,39,42)/t21-,22+/m1/s1. The molecule has 48 heavy (non-hydrogen) atoms. The Morgan fingerprint density at radius 3 is 2.23 bits per heavy atom. The number of halogens is 2. The lowest BCUT2D eigenvalue weighted by Crippen LogP contribution is -2.44. The van der Waals surface area contributed by atoms with E-state index in [4.69, 9.17) is 25.8 Å². The second-order valence-corrected chi connectivity index (χ2v) is 16.5. The first-order chi connectivity index (χ1) is 22.0. The number of alkyl carbamates (subject to hydrolysis) is 2. The minimum atomic E-state index is -4.48. The summed E-state index contributed by atoms with van der Waals surface area (Å²) in [6.07, 6.45) is 2.56. The lowest BCUT2D eigenvalue weighted by atomic mass is 9.77. The molecule has 270 valence electrons. The monoisotopic (exact) mass is 716 g/mol. The zero-order valence-corrected chi connectivity index (χ0v) is 31.0. The van der Waals surface area contributed by atoms with Gasteiger partial charge in [0.05, 0.1) is 10.7 Å². The number of sulfonamides is 1. The van der Waals surface area contributed by atoms with E-state index < -0.39 is 56.9 Å². The van der Waals surface area contributed by atoms with Gasteiger partial charge in [0.25, 0.3) is 10.0 Å². The van der Waals surface area contributed by atoms with Crippen molar-refractivity contribution in [3.05, 3.63) is 41.6 Å². The number of carbonyl (C=O) groups excluding carboxylic acids is 2. The molecule has 0 saturated carbocycles. The van der Waals surface area contributed by atoms with Gasteiger partial charge in [0.2, 0.25) is 0 Å². The number of amides is 2.